The van der Waals surface area contributed by atoms with E-state index < -0.39 is 39.6 Å². The lowest BCUT2D eigenvalue weighted by atomic mass is 10.1. The number of hydrogen-bond acceptors (Lipinski definition) is 7. The Kier molecular flexibility index (Phi) is 4.91. The molecule has 0 aromatic heterocycles. The minimum absolute atomic E-state index is 0.0262. The van der Waals surface area contributed by atoms with Gasteiger partial charge in [0.05, 0.1) is 16.7 Å². The van der Waals surface area contributed by atoms with E-state index in [1.165, 1.54) is 13.1 Å². The molecule has 0 saturated carbocycles. The monoisotopic (exact) mass is 371 g/mol. The number of phenols is 3. The SMILES string of the molecule is CN(/N=C/c1ccc(O)c(O)c1O)c1ccc(C(F)(F)F)cc1[N+](=O)[O-]. The average molecular weight is 371 g/mol. The van der Waals surface area contributed by atoms with Gasteiger partial charge in [-0.25, -0.2) is 0 Å². The molecule has 0 amide bonds. The van der Waals surface area contributed by atoms with Crippen LogP contribution in [0.1, 0.15) is 11.1 Å². The Morgan fingerprint density at radius 1 is 1.15 bits per heavy atom. The predicted molar refractivity (Wildman–Crippen MR) is 85.5 cm³/mol. The van der Waals surface area contributed by atoms with Crippen molar-refractivity contribution in [2.75, 3.05) is 12.1 Å². The molecule has 0 atom stereocenters. The second-order valence-corrected chi connectivity index (χ2v) is 5.10. The zero-order chi connectivity index (χ0) is 19.6. The highest BCUT2D eigenvalue weighted by molar-refractivity contribution is 5.86. The maximum atomic E-state index is 12.7. The van der Waals surface area contributed by atoms with Crippen LogP contribution < -0.4 is 5.01 Å². The lowest BCUT2D eigenvalue weighted by Gasteiger charge is -2.15. The Bertz CT molecular complexity index is 884. The van der Waals surface area contributed by atoms with Crippen LogP contribution in [0.5, 0.6) is 17.2 Å². The van der Waals surface area contributed by atoms with Gasteiger partial charge < -0.3 is 15.3 Å². The number of hydrogen-bond donors (Lipinski definition) is 3. The van der Waals surface area contributed by atoms with Crippen LogP contribution in [0.4, 0.5) is 24.5 Å². The van der Waals surface area contributed by atoms with Gasteiger partial charge in [-0.3, -0.25) is 15.1 Å². The van der Waals surface area contributed by atoms with Crippen LogP contribution in [0.2, 0.25) is 0 Å². The molecular weight excluding hydrogens is 359 g/mol. The highest BCUT2D eigenvalue weighted by atomic mass is 19.4. The van der Waals surface area contributed by atoms with Crippen molar-refractivity contribution in [3.05, 3.63) is 51.6 Å². The molecule has 0 saturated heterocycles. The summed E-state index contributed by atoms with van der Waals surface area (Å²) < 4.78 is 38.1. The number of nitro benzene ring substituents is 1. The molecule has 138 valence electrons. The standard InChI is InChI=1S/C15H12F3N3O5/c1-20(19-7-8-2-5-12(22)14(24)13(8)23)10-4-3-9(15(16,17)18)6-11(10)21(25)26/h2-7,22-24H,1H3/b19-7+. The van der Waals surface area contributed by atoms with E-state index in [9.17, 15) is 38.6 Å². The average Bonchev–Trinajstić information content (AvgIpc) is 2.57. The van der Waals surface area contributed by atoms with Crippen molar-refractivity contribution >= 4 is 17.6 Å². The summed E-state index contributed by atoms with van der Waals surface area (Å²) in [7, 11) is 1.25. The number of hydrazone groups is 1. The highest BCUT2D eigenvalue weighted by Crippen LogP contribution is 2.37. The van der Waals surface area contributed by atoms with Gasteiger partial charge in [0.2, 0.25) is 5.75 Å². The molecule has 0 unspecified atom stereocenters. The zero-order valence-corrected chi connectivity index (χ0v) is 13.1. The summed E-state index contributed by atoms with van der Waals surface area (Å²) in [5.41, 5.74) is -2.23. The van der Waals surface area contributed by atoms with E-state index in [4.69, 9.17) is 0 Å². The fourth-order valence-corrected chi connectivity index (χ4v) is 2.02. The fraction of sp³-hybridized carbons (Fsp3) is 0.133. The van der Waals surface area contributed by atoms with E-state index in [-0.39, 0.29) is 11.3 Å². The molecule has 2 aromatic carbocycles. The molecule has 0 heterocycles. The van der Waals surface area contributed by atoms with Crippen LogP contribution >= 0.6 is 0 Å². The molecule has 0 aliphatic rings. The number of anilines is 1. The Hall–Kier alpha value is -3.50. The van der Waals surface area contributed by atoms with Crippen molar-refractivity contribution in [2.24, 2.45) is 5.10 Å². The summed E-state index contributed by atoms with van der Waals surface area (Å²) in [6, 6.07) is 4.26. The molecule has 0 bridgehead atoms. The lowest BCUT2D eigenvalue weighted by Crippen LogP contribution is -2.13. The van der Waals surface area contributed by atoms with Crippen LogP contribution in [-0.2, 0) is 6.18 Å². The highest BCUT2D eigenvalue weighted by Gasteiger charge is 2.33. The van der Waals surface area contributed by atoms with Crippen LogP contribution in [-0.4, -0.2) is 33.5 Å². The normalized spacial score (nSPS) is 11.7. The smallest absolute Gasteiger partial charge is 0.416 e. The summed E-state index contributed by atoms with van der Waals surface area (Å²) in [6.45, 7) is 0. The maximum absolute atomic E-state index is 12.7. The van der Waals surface area contributed by atoms with E-state index in [2.05, 4.69) is 5.10 Å². The van der Waals surface area contributed by atoms with Crippen LogP contribution in [0.25, 0.3) is 0 Å². The number of alkyl halides is 3. The van der Waals surface area contributed by atoms with Crippen molar-refractivity contribution in [3.63, 3.8) is 0 Å². The fourth-order valence-electron chi connectivity index (χ4n) is 2.02. The molecule has 26 heavy (non-hydrogen) atoms. The Morgan fingerprint density at radius 3 is 2.38 bits per heavy atom. The molecule has 0 spiro atoms. The largest absolute Gasteiger partial charge is 0.504 e. The first-order chi connectivity index (χ1) is 12.0. The number of nitro groups is 1. The Labute approximate surface area is 144 Å². The minimum atomic E-state index is -4.74. The van der Waals surface area contributed by atoms with Crippen molar-refractivity contribution in [2.45, 2.75) is 6.18 Å². The van der Waals surface area contributed by atoms with E-state index >= 15 is 0 Å². The number of nitrogens with zero attached hydrogens (tertiary/aromatic N) is 3. The summed E-state index contributed by atoms with van der Waals surface area (Å²) in [5.74, 6) is -2.02. The van der Waals surface area contributed by atoms with Crippen molar-refractivity contribution in [1.82, 2.24) is 0 Å². The second kappa shape index (κ2) is 6.78. The van der Waals surface area contributed by atoms with Gasteiger partial charge in [-0.1, -0.05) is 0 Å². The van der Waals surface area contributed by atoms with Crippen molar-refractivity contribution in [1.29, 1.82) is 0 Å². The topological polar surface area (TPSA) is 119 Å². The number of phenolic OH excluding ortho intramolecular Hbond substituents is 3. The lowest BCUT2D eigenvalue weighted by molar-refractivity contribution is -0.384. The van der Waals surface area contributed by atoms with E-state index in [1.807, 2.05) is 0 Å². The third-order valence-electron chi connectivity index (χ3n) is 3.38. The van der Waals surface area contributed by atoms with Gasteiger partial charge in [-0.15, -0.1) is 0 Å². The van der Waals surface area contributed by atoms with Gasteiger partial charge in [0, 0.05) is 18.7 Å². The molecule has 8 nitrogen and oxygen atoms in total. The first kappa shape index (κ1) is 18.8. The van der Waals surface area contributed by atoms with E-state index in [0.29, 0.717) is 12.1 Å². The zero-order valence-electron chi connectivity index (χ0n) is 13.1. The van der Waals surface area contributed by atoms with Crippen molar-refractivity contribution in [3.8, 4) is 17.2 Å². The van der Waals surface area contributed by atoms with Gasteiger partial charge in [0.25, 0.3) is 5.69 Å². The molecule has 0 aliphatic heterocycles. The van der Waals surface area contributed by atoms with Gasteiger partial charge >= 0.3 is 6.18 Å². The first-order valence-corrected chi connectivity index (χ1v) is 6.89. The Balaban J connectivity index is 2.39. The predicted octanol–water partition coefficient (Wildman–Crippen LogP) is 3.20. The number of halogens is 3. The molecule has 0 fully saturated rings. The van der Waals surface area contributed by atoms with E-state index in [0.717, 1.165) is 23.4 Å². The quantitative estimate of drug-likeness (QED) is 0.329. The molecule has 2 rings (SSSR count). The molecule has 11 heteroatoms. The Morgan fingerprint density at radius 2 is 1.81 bits per heavy atom. The number of benzene rings is 2. The summed E-state index contributed by atoms with van der Waals surface area (Å²) in [4.78, 5) is 10.1. The third-order valence-corrected chi connectivity index (χ3v) is 3.38. The molecule has 3 N–H and O–H groups in total. The van der Waals surface area contributed by atoms with Crippen LogP contribution in [0, 0.1) is 10.1 Å². The van der Waals surface area contributed by atoms with Gasteiger partial charge in [0.15, 0.2) is 11.5 Å². The van der Waals surface area contributed by atoms with Crippen LogP contribution in [0.3, 0.4) is 0 Å². The van der Waals surface area contributed by atoms with Gasteiger partial charge in [0.1, 0.15) is 5.69 Å². The summed E-state index contributed by atoms with van der Waals surface area (Å²) in [6.07, 6.45) is -3.73. The maximum Gasteiger partial charge on any atom is 0.416 e. The summed E-state index contributed by atoms with van der Waals surface area (Å²) >= 11 is 0. The van der Waals surface area contributed by atoms with Crippen molar-refractivity contribution < 1.29 is 33.4 Å². The number of rotatable bonds is 4. The molecule has 0 radical (unpaired) electrons. The minimum Gasteiger partial charge on any atom is -0.504 e. The molecular formula is C15H12F3N3O5. The molecule has 0 aliphatic carbocycles. The van der Waals surface area contributed by atoms with Gasteiger partial charge in [-0.2, -0.15) is 18.3 Å². The summed E-state index contributed by atoms with van der Waals surface area (Å²) in [5, 5.41) is 44.1. The first-order valence-electron chi connectivity index (χ1n) is 6.89. The number of aromatic hydroxyl groups is 3. The van der Waals surface area contributed by atoms with E-state index in [1.54, 1.807) is 0 Å². The molecule has 2 aromatic rings. The second-order valence-electron chi connectivity index (χ2n) is 5.10. The van der Waals surface area contributed by atoms with Gasteiger partial charge in [-0.05, 0) is 24.3 Å². The van der Waals surface area contributed by atoms with Crippen LogP contribution in [0.15, 0.2) is 35.4 Å². The third kappa shape index (κ3) is 3.77.